The Labute approximate surface area is 219 Å². The maximum atomic E-state index is 13.6. The lowest BCUT2D eigenvalue weighted by molar-refractivity contribution is -0.149. The fourth-order valence-corrected chi connectivity index (χ4v) is 6.15. The maximum absolute atomic E-state index is 13.6. The number of aromatic nitrogens is 2. The molecule has 4 aliphatic rings. The van der Waals surface area contributed by atoms with Crippen LogP contribution in [0.1, 0.15) is 42.0 Å². The van der Waals surface area contributed by atoms with Crippen LogP contribution in [0, 0.1) is 0 Å². The summed E-state index contributed by atoms with van der Waals surface area (Å²) in [6, 6.07) is 5.85. The normalized spacial score (nSPS) is 22.7. The molecule has 0 saturated carbocycles. The molecule has 6 heterocycles. The highest BCUT2D eigenvalue weighted by Gasteiger charge is 2.39. The quantitative estimate of drug-likeness (QED) is 0.407. The Balaban J connectivity index is 1.37. The number of hydrogen-bond acceptors (Lipinski definition) is 9. The molecule has 4 aliphatic heterocycles. The molecule has 0 radical (unpaired) electrons. The predicted octanol–water partition coefficient (Wildman–Crippen LogP) is 1.95. The minimum absolute atomic E-state index is 0.141. The van der Waals surface area contributed by atoms with Gasteiger partial charge in [0.2, 0.25) is 6.79 Å². The molecule has 1 atom stereocenters. The van der Waals surface area contributed by atoms with Crippen LogP contribution in [0.15, 0.2) is 23.0 Å². The van der Waals surface area contributed by atoms with E-state index in [9.17, 15) is 14.7 Å². The lowest BCUT2D eigenvalue weighted by Crippen LogP contribution is -2.43. The van der Waals surface area contributed by atoms with Crippen LogP contribution >= 0.6 is 0 Å². The van der Waals surface area contributed by atoms with Crippen molar-refractivity contribution in [1.82, 2.24) is 19.4 Å². The Bertz CT molecular complexity index is 1560. The number of rotatable bonds is 3. The van der Waals surface area contributed by atoms with Gasteiger partial charge in [0.1, 0.15) is 12.2 Å². The molecule has 2 aromatic heterocycles. The van der Waals surface area contributed by atoms with E-state index in [4.69, 9.17) is 19.2 Å². The second kappa shape index (κ2) is 8.52. The highest BCUT2D eigenvalue weighted by molar-refractivity contribution is 5.91. The summed E-state index contributed by atoms with van der Waals surface area (Å²) in [5.41, 5.74) is 3.19. The smallest absolute Gasteiger partial charge is 0.309 e. The van der Waals surface area contributed by atoms with E-state index in [2.05, 4.69) is 22.9 Å². The van der Waals surface area contributed by atoms with Crippen molar-refractivity contribution in [3.8, 4) is 22.9 Å². The molecule has 3 aromatic rings. The van der Waals surface area contributed by atoms with Gasteiger partial charge in [0.05, 0.1) is 35.4 Å². The lowest BCUT2D eigenvalue weighted by Gasteiger charge is -2.32. The van der Waals surface area contributed by atoms with E-state index >= 15 is 0 Å². The van der Waals surface area contributed by atoms with Crippen LogP contribution in [0.25, 0.3) is 22.3 Å². The highest BCUT2D eigenvalue weighted by Crippen LogP contribution is 2.44. The van der Waals surface area contributed by atoms with Crippen molar-refractivity contribution in [2.45, 2.75) is 45.1 Å². The van der Waals surface area contributed by atoms with E-state index in [-0.39, 0.29) is 31.8 Å². The maximum Gasteiger partial charge on any atom is 0.309 e. The minimum atomic E-state index is -1.46. The number of fused-ring (bicyclic) bond motifs is 6. The molecule has 1 unspecified atom stereocenters. The molecule has 1 N–H and O–H groups in total. The van der Waals surface area contributed by atoms with Gasteiger partial charge in [-0.05, 0) is 31.2 Å². The number of esters is 1. The molecule has 0 spiro atoms. The molecular weight excluding hydrogens is 488 g/mol. The number of hydrogen-bond donors (Lipinski definition) is 1. The SMILES string of the molecule is CCC1(O)CC(=O)OCc2c1cc1n(c2=O)Cc2cc3c(CN4CCN(C)CC4)c4c(cc3nc2-1)OCO4. The van der Waals surface area contributed by atoms with Gasteiger partial charge in [-0.15, -0.1) is 0 Å². The van der Waals surface area contributed by atoms with Gasteiger partial charge in [0, 0.05) is 55.3 Å². The first kappa shape index (κ1) is 23.6. The molecule has 0 amide bonds. The van der Waals surface area contributed by atoms with Crippen LogP contribution in [0.5, 0.6) is 11.5 Å². The first-order valence-electron chi connectivity index (χ1n) is 13.2. The number of piperazine rings is 1. The first-order chi connectivity index (χ1) is 18.3. The third kappa shape index (κ3) is 3.54. The van der Waals surface area contributed by atoms with Crippen molar-refractivity contribution in [2.24, 2.45) is 0 Å². The average molecular weight is 519 g/mol. The van der Waals surface area contributed by atoms with Gasteiger partial charge >= 0.3 is 5.97 Å². The van der Waals surface area contributed by atoms with Gasteiger partial charge in [0.25, 0.3) is 5.56 Å². The molecule has 10 nitrogen and oxygen atoms in total. The molecule has 7 rings (SSSR count). The third-order valence-corrected chi connectivity index (χ3v) is 8.49. The second-order valence-corrected chi connectivity index (χ2v) is 10.8. The average Bonchev–Trinajstić information content (AvgIpc) is 3.49. The van der Waals surface area contributed by atoms with Crippen molar-refractivity contribution in [2.75, 3.05) is 40.0 Å². The molecule has 1 saturated heterocycles. The van der Waals surface area contributed by atoms with Crippen molar-refractivity contribution in [3.05, 3.63) is 50.8 Å². The number of carbonyl (C=O) groups excluding carboxylic acids is 1. The molecular formula is C28H30N4O6. The number of cyclic esters (lactones) is 1. The minimum Gasteiger partial charge on any atom is -0.460 e. The Hall–Kier alpha value is -3.47. The van der Waals surface area contributed by atoms with E-state index in [1.54, 1.807) is 11.5 Å². The molecule has 1 fully saturated rings. The molecule has 0 bridgehead atoms. The van der Waals surface area contributed by atoms with Crippen molar-refractivity contribution >= 4 is 16.9 Å². The predicted molar refractivity (Wildman–Crippen MR) is 138 cm³/mol. The fraction of sp³-hybridized carbons (Fsp3) is 0.464. The zero-order valence-electron chi connectivity index (χ0n) is 21.6. The molecule has 1 aromatic carbocycles. The van der Waals surface area contributed by atoms with E-state index in [1.165, 1.54) is 0 Å². The monoisotopic (exact) mass is 518 g/mol. The summed E-state index contributed by atoms with van der Waals surface area (Å²) in [6.07, 6.45) is 0.103. The van der Waals surface area contributed by atoms with Crippen molar-refractivity contribution in [3.63, 3.8) is 0 Å². The molecule has 38 heavy (non-hydrogen) atoms. The fourth-order valence-electron chi connectivity index (χ4n) is 6.15. The number of likely N-dealkylation sites (N-methyl/N-ethyl adjacent to an activating group) is 1. The Morgan fingerprint density at radius 3 is 2.68 bits per heavy atom. The summed E-state index contributed by atoms with van der Waals surface area (Å²) >= 11 is 0. The van der Waals surface area contributed by atoms with Crippen LogP contribution < -0.4 is 15.0 Å². The molecule has 0 aliphatic carbocycles. The van der Waals surface area contributed by atoms with Crippen molar-refractivity contribution in [1.29, 1.82) is 0 Å². The number of ether oxygens (including phenoxy) is 3. The summed E-state index contributed by atoms with van der Waals surface area (Å²) < 4.78 is 18.6. The van der Waals surface area contributed by atoms with E-state index in [1.807, 2.05) is 12.1 Å². The van der Waals surface area contributed by atoms with Crippen LogP contribution in [-0.4, -0.2) is 70.4 Å². The van der Waals surface area contributed by atoms with E-state index in [0.29, 0.717) is 34.8 Å². The largest absolute Gasteiger partial charge is 0.460 e. The zero-order chi connectivity index (χ0) is 26.2. The highest BCUT2D eigenvalue weighted by atomic mass is 16.7. The van der Waals surface area contributed by atoms with Crippen LogP contribution in [0.2, 0.25) is 0 Å². The van der Waals surface area contributed by atoms with Gasteiger partial charge in [-0.1, -0.05) is 6.92 Å². The zero-order valence-corrected chi connectivity index (χ0v) is 21.6. The van der Waals surface area contributed by atoms with Crippen LogP contribution in [0.3, 0.4) is 0 Å². The van der Waals surface area contributed by atoms with Gasteiger partial charge in [0.15, 0.2) is 11.5 Å². The number of carbonyl (C=O) groups is 1. The summed E-state index contributed by atoms with van der Waals surface area (Å²) in [4.78, 5) is 35.6. The summed E-state index contributed by atoms with van der Waals surface area (Å²) in [6.45, 7) is 6.90. The first-order valence-corrected chi connectivity index (χ1v) is 13.2. The van der Waals surface area contributed by atoms with Crippen molar-refractivity contribution < 1.29 is 24.1 Å². The van der Waals surface area contributed by atoms with Gasteiger partial charge in [-0.25, -0.2) is 4.98 Å². The van der Waals surface area contributed by atoms with Gasteiger partial charge < -0.3 is 28.8 Å². The third-order valence-electron chi connectivity index (χ3n) is 8.49. The summed E-state index contributed by atoms with van der Waals surface area (Å²) in [5, 5.41) is 12.4. The van der Waals surface area contributed by atoms with Crippen LogP contribution in [-0.2, 0) is 34.8 Å². The second-order valence-electron chi connectivity index (χ2n) is 10.8. The van der Waals surface area contributed by atoms with Gasteiger partial charge in [-0.3, -0.25) is 14.5 Å². The number of nitrogens with zero attached hydrogens (tertiary/aromatic N) is 4. The standard InChI is InChI=1S/C28H30N4O6/c1-3-28(35)11-24(33)36-14-19-20(28)9-22-25-16(12-32(22)27(19)34)8-17-18(13-31-6-4-30(2)5-7-31)26-23(37-15-38-26)10-21(17)29-25/h8-10,35H,3-7,11-15H2,1-2H3. The summed E-state index contributed by atoms with van der Waals surface area (Å²) in [7, 11) is 2.14. The lowest BCUT2D eigenvalue weighted by atomic mass is 9.85. The summed E-state index contributed by atoms with van der Waals surface area (Å²) in [5.74, 6) is 0.943. The number of pyridine rings is 2. The van der Waals surface area contributed by atoms with Gasteiger partial charge in [-0.2, -0.15) is 0 Å². The van der Waals surface area contributed by atoms with E-state index in [0.717, 1.165) is 60.5 Å². The molecule has 198 valence electrons. The van der Waals surface area contributed by atoms with E-state index < -0.39 is 11.6 Å². The van der Waals surface area contributed by atoms with Crippen LogP contribution in [0.4, 0.5) is 0 Å². The topological polar surface area (TPSA) is 106 Å². The Kier molecular flexibility index (Phi) is 5.30. The Morgan fingerprint density at radius 1 is 1.08 bits per heavy atom. The number of benzene rings is 1. The Morgan fingerprint density at radius 2 is 1.89 bits per heavy atom. The molecule has 10 heteroatoms. The number of aliphatic hydroxyl groups is 1.